The highest BCUT2D eigenvalue weighted by Gasteiger charge is 2.07. The van der Waals surface area contributed by atoms with Crippen LogP contribution in [-0.4, -0.2) is 19.5 Å². The minimum Gasteiger partial charge on any atom is -0.308 e. The second-order valence-electron chi connectivity index (χ2n) is 2.79. The Balaban J connectivity index is 2.81. The van der Waals surface area contributed by atoms with Crippen molar-refractivity contribution in [1.29, 1.82) is 5.41 Å². The highest BCUT2D eigenvalue weighted by atomic mass is 14.6. The summed E-state index contributed by atoms with van der Waals surface area (Å²) < 4.78 is 0. The van der Waals surface area contributed by atoms with Crippen molar-refractivity contribution in [1.82, 2.24) is 0 Å². The van der Waals surface area contributed by atoms with E-state index in [2.05, 4.69) is 4.99 Å². The standard InChI is InChI=1S/C9H14N2/c1-11-7-9-5-3-2-4-8(9)6-10/h6-7,10H,2-5H2,1H3/b10-6?,11-7-. The Morgan fingerprint density at radius 1 is 1.27 bits per heavy atom. The van der Waals surface area contributed by atoms with Crippen molar-refractivity contribution in [2.75, 3.05) is 7.05 Å². The molecule has 0 aromatic carbocycles. The number of nitrogens with one attached hydrogen (secondary N) is 1. The molecule has 0 saturated carbocycles. The van der Waals surface area contributed by atoms with Gasteiger partial charge in [-0.25, -0.2) is 0 Å². The molecule has 11 heavy (non-hydrogen) atoms. The van der Waals surface area contributed by atoms with Crippen LogP contribution in [0.3, 0.4) is 0 Å². The van der Waals surface area contributed by atoms with Crippen molar-refractivity contribution < 1.29 is 0 Å². The molecule has 0 bridgehead atoms. The SMILES string of the molecule is C/N=C\C1=C(C=N)CCCC1. The predicted molar refractivity (Wildman–Crippen MR) is 48.7 cm³/mol. The van der Waals surface area contributed by atoms with E-state index in [-0.39, 0.29) is 0 Å². The molecule has 1 rings (SSSR count). The molecule has 2 heteroatoms. The lowest BCUT2D eigenvalue weighted by molar-refractivity contribution is 0.707. The molecule has 0 saturated heterocycles. The average molecular weight is 150 g/mol. The van der Waals surface area contributed by atoms with Gasteiger partial charge < -0.3 is 5.41 Å². The fraction of sp³-hybridized carbons (Fsp3) is 0.556. The van der Waals surface area contributed by atoms with Gasteiger partial charge in [-0.05, 0) is 36.8 Å². The molecule has 0 spiro atoms. The lowest BCUT2D eigenvalue weighted by Gasteiger charge is -2.13. The smallest absolute Gasteiger partial charge is 0.0277 e. The van der Waals surface area contributed by atoms with Gasteiger partial charge in [-0.2, -0.15) is 0 Å². The fourth-order valence-corrected chi connectivity index (χ4v) is 1.42. The number of aliphatic imine (C=N–C) groups is 1. The van der Waals surface area contributed by atoms with Crippen LogP contribution < -0.4 is 0 Å². The zero-order chi connectivity index (χ0) is 8.10. The van der Waals surface area contributed by atoms with Crippen molar-refractivity contribution in [2.45, 2.75) is 25.7 Å². The molecule has 60 valence electrons. The molecular weight excluding hydrogens is 136 g/mol. The third-order valence-electron chi connectivity index (χ3n) is 2.01. The van der Waals surface area contributed by atoms with E-state index in [1.54, 1.807) is 7.05 Å². The largest absolute Gasteiger partial charge is 0.308 e. The van der Waals surface area contributed by atoms with Crippen molar-refractivity contribution >= 4 is 12.4 Å². The molecule has 0 heterocycles. The summed E-state index contributed by atoms with van der Waals surface area (Å²) in [6.07, 6.45) is 7.99. The van der Waals surface area contributed by atoms with E-state index in [1.165, 1.54) is 30.2 Å². The summed E-state index contributed by atoms with van der Waals surface area (Å²) in [6.45, 7) is 0. The van der Waals surface area contributed by atoms with Crippen LogP contribution in [0.25, 0.3) is 0 Å². The molecule has 1 aliphatic carbocycles. The summed E-state index contributed by atoms with van der Waals surface area (Å²) in [5.74, 6) is 0. The number of rotatable bonds is 2. The molecular formula is C9H14N2. The molecule has 1 aliphatic rings. The third kappa shape index (κ3) is 2.00. The minimum absolute atomic E-state index is 1.06. The van der Waals surface area contributed by atoms with E-state index in [1.807, 2.05) is 6.21 Å². The lowest BCUT2D eigenvalue weighted by Crippen LogP contribution is -2.01. The monoisotopic (exact) mass is 150 g/mol. The summed E-state index contributed by atoms with van der Waals surface area (Å²) in [5.41, 5.74) is 2.43. The quantitative estimate of drug-likeness (QED) is 0.586. The molecule has 0 aliphatic heterocycles. The van der Waals surface area contributed by atoms with Crippen LogP contribution in [0.1, 0.15) is 25.7 Å². The van der Waals surface area contributed by atoms with Gasteiger partial charge in [0, 0.05) is 19.5 Å². The molecule has 0 amide bonds. The van der Waals surface area contributed by atoms with E-state index in [0.29, 0.717) is 0 Å². The minimum atomic E-state index is 1.06. The molecule has 1 N–H and O–H groups in total. The molecule has 2 nitrogen and oxygen atoms in total. The molecule has 0 atom stereocenters. The van der Waals surface area contributed by atoms with Gasteiger partial charge in [0.2, 0.25) is 0 Å². The van der Waals surface area contributed by atoms with Gasteiger partial charge in [-0.1, -0.05) is 0 Å². The van der Waals surface area contributed by atoms with Crippen LogP contribution in [0.4, 0.5) is 0 Å². The first-order chi connectivity index (χ1) is 5.38. The van der Waals surface area contributed by atoms with Crippen LogP contribution in [0.5, 0.6) is 0 Å². The highest BCUT2D eigenvalue weighted by molar-refractivity contribution is 5.90. The van der Waals surface area contributed by atoms with Crippen molar-refractivity contribution in [3.63, 3.8) is 0 Å². The maximum absolute atomic E-state index is 7.16. The zero-order valence-electron chi connectivity index (χ0n) is 6.93. The number of nitrogens with zero attached hydrogens (tertiary/aromatic N) is 1. The topological polar surface area (TPSA) is 36.2 Å². The lowest BCUT2D eigenvalue weighted by atomic mass is 9.93. The van der Waals surface area contributed by atoms with Crippen molar-refractivity contribution in [3.05, 3.63) is 11.1 Å². The maximum Gasteiger partial charge on any atom is 0.0277 e. The maximum atomic E-state index is 7.16. The Bertz CT molecular complexity index is 202. The van der Waals surface area contributed by atoms with Gasteiger partial charge in [-0.3, -0.25) is 4.99 Å². The number of hydrogen-bond acceptors (Lipinski definition) is 2. The first-order valence-electron chi connectivity index (χ1n) is 4.03. The first kappa shape index (κ1) is 8.18. The second-order valence-corrected chi connectivity index (χ2v) is 2.79. The summed E-state index contributed by atoms with van der Waals surface area (Å²) in [4.78, 5) is 3.97. The van der Waals surface area contributed by atoms with Gasteiger partial charge in [0.05, 0.1) is 0 Å². The second kappa shape index (κ2) is 4.06. The van der Waals surface area contributed by atoms with Crippen molar-refractivity contribution in [3.8, 4) is 0 Å². The Morgan fingerprint density at radius 2 is 1.91 bits per heavy atom. The van der Waals surface area contributed by atoms with Gasteiger partial charge in [0.15, 0.2) is 0 Å². The Hall–Kier alpha value is -0.920. The molecule has 0 aromatic rings. The number of hydrogen-bond donors (Lipinski definition) is 1. The zero-order valence-corrected chi connectivity index (χ0v) is 6.93. The molecule has 0 aromatic heterocycles. The van der Waals surface area contributed by atoms with E-state index in [4.69, 9.17) is 5.41 Å². The highest BCUT2D eigenvalue weighted by Crippen LogP contribution is 2.21. The summed E-state index contributed by atoms with van der Waals surface area (Å²) in [6, 6.07) is 0. The Kier molecular flexibility index (Phi) is 3.02. The van der Waals surface area contributed by atoms with E-state index in [0.717, 1.165) is 12.8 Å². The van der Waals surface area contributed by atoms with Crippen LogP contribution in [0.2, 0.25) is 0 Å². The van der Waals surface area contributed by atoms with Crippen LogP contribution in [0.15, 0.2) is 16.1 Å². The van der Waals surface area contributed by atoms with Crippen molar-refractivity contribution in [2.24, 2.45) is 4.99 Å². The first-order valence-corrected chi connectivity index (χ1v) is 4.03. The van der Waals surface area contributed by atoms with Gasteiger partial charge in [0.1, 0.15) is 0 Å². The van der Waals surface area contributed by atoms with Crippen LogP contribution in [0, 0.1) is 5.41 Å². The molecule has 0 radical (unpaired) electrons. The Labute approximate surface area is 67.5 Å². The summed E-state index contributed by atoms with van der Waals surface area (Å²) in [7, 11) is 1.78. The van der Waals surface area contributed by atoms with Gasteiger partial charge >= 0.3 is 0 Å². The van der Waals surface area contributed by atoms with E-state index in [9.17, 15) is 0 Å². The Morgan fingerprint density at radius 3 is 2.45 bits per heavy atom. The normalized spacial score (nSPS) is 19.4. The molecule has 0 unspecified atom stereocenters. The number of allylic oxidation sites excluding steroid dienone is 2. The third-order valence-corrected chi connectivity index (χ3v) is 2.01. The van der Waals surface area contributed by atoms with Gasteiger partial charge in [0.25, 0.3) is 0 Å². The van der Waals surface area contributed by atoms with Crippen LogP contribution >= 0.6 is 0 Å². The van der Waals surface area contributed by atoms with E-state index >= 15 is 0 Å². The molecule has 0 fully saturated rings. The van der Waals surface area contributed by atoms with E-state index < -0.39 is 0 Å². The fourth-order valence-electron chi connectivity index (χ4n) is 1.42. The predicted octanol–water partition coefficient (Wildman–Crippen LogP) is 2.21. The summed E-state index contributed by atoms with van der Waals surface area (Å²) in [5, 5.41) is 7.16. The van der Waals surface area contributed by atoms with Crippen LogP contribution in [-0.2, 0) is 0 Å². The average Bonchev–Trinajstić information content (AvgIpc) is 2.06. The summed E-state index contributed by atoms with van der Waals surface area (Å²) >= 11 is 0. The van der Waals surface area contributed by atoms with Gasteiger partial charge in [-0.15, -0.1) is 0 Å².